The van der Waals surface area contributed by atoms with E-state index < -0.39 is 0 Å². The number of nitrogens with two attached hydrogens (primary N) is 1. The minimum atomic E-state index is -0.160. The summed E-state index contributed by atoms with van der Waals surface area (Å²) in [5.74, 6) is -0.0364. The summed E-state index contributed by atoms with van der Waals surface area (Å²) in [6, 6.07) is 5.83. The largest absolute Gasteiger partial charge is 0.469 e. The monoisotopic (exact) mass is 356 g/mol. The van der Waals surface area contributed by atoms with Crippen LogP contribution in [-0.4, -0.2) is 31.2 Å². The summed E-state index contributed by atoms with van der Waals surface area (Å²) < 4.78 is 5.74. The molecule has 0 spiro atoms. The number of hydrogen-bond acceptors (Lipinski definition) is 4. The number of hydrogen-bond donors (Lipinski definition) is 1. The van der Waals surface area contributed by atoms with E-state index in [1.807, 2.05) is 18.2 Å². The molecule has 1 aliphatic rings. The van der Waals surface area contributed by atoms with Crippen molar-refractivity contribution in [3.05, 3.63) is 28.2 Å². The van der Waals surface area contributed by atoms with E-state index in [2.05, 4.69) is 27.8 Å². The molecule has 20 heavy (non-hydrogen) atoms. The molecule has 0 aliphatic carbocycles. The summed E-state index contributed by atoms with van der Waals surface area (Å²) in [5.41, 5.74) is 7.60. The average molecular weight is 357 g/mol. The highest BCUT2D eigenvalue weighted by molar-refractivity contribution is 9.10. The Bertz CT molecular complexity index is 550. The van der Waals surface area contributed by atoms with Gasteiger partial charge in [-0.25, -0.2) is 0 Å². The van der Waals surface area contributed by atoms with Crippen molar-refractivity contribution in [1.82, 2.24) is 0 Å². The zero-order valence-electron chi connectivity index (χ0n) is 11.4. The van der Waals surface area contributed by atoms with E-state index in [9.17, 15) is 4.79 Å². The molecule has 1 heterocycles. The summed E-state index contributed by atoms with van der Waals surface area (Å²) in [6.45, 7) is 3.46. The minimum absolute atomic E-state index is 0.113. The third-order valence-electron chi connectivity index (χ3n) is 3.69. The first kappa shape index (κ1) is 15.3. The van der Waals surface area contributed by atoms with Gasteiger partial charge in [0.2, 0.25) is 0 Å². The molecular formula is C14H17BrN2O2S. The maximum atomic E-state index is 11.8. The van der Waals surface area contributed by atoms with Gasteiger partial charge in [0.1, 0.15) is 4.99 Å². The molecule has 0 amide bonds. The standard InChI is InChI=1S/C14H17BrN2O2S/c1-8-6-17(7-9(8)14(18)19-2)11-5-3-4-10(15)12(11)13(16)20/h3-5,8-9H,6-7H2,1-2H3,(H2,16,20). The zero-order chi connectivity index (χ0) is 14.9. The maximum absolute atomic E-state index is 11.8. The van der Waals surface area contributed by atoms with Crippen LogP contribution in [0.1, 0.15) is 12.5 Å². The molecule has 108 valence electrons. The molecule has 1 aromatic carbocycles. The predicted molar refractivity (Wildman–Crippen MR) is 86.9 cm³/mol. The second-order valence-corrected chi connectivity index (χ2v) is 6.30. The van der Waals surface area contributed by atoms with E-state index >= 15 is 0 Å². The van der Waals surface area contributed by atoms with Gasteiger partial charge >= 0.3 is 5.97 Å². The zero-order valence-corrected chi connectivity index (χ0v) is 13.8. The Hall–Kier alpha value is -1.14. The number of carbonyl (C=O) groups is 1. The van der Waals surface area contributed by atoms with Crippen molar-refractivity contribution in [3.8, 4) is 0 Å². The maximum Gasteiger partial charge on any atom is 0.310 e. The van der Waals surface area contributed by atoms with Crippen LogP contribution in [0.15, 0.2) is 22.7 Å². The summed E-state index contributed by atoms with van der Waals surface area (Å²) in [5, 5.41) is 0. The number of ether oxygens (including phenoxy) is 1. The highest BCUT2D eigenvalue weighted by atomic mass is 79.9. The van der Waals surface area contributed by atoms with Gasteiger partial charge in [0, 0.05) is 28.8 Å². The van der Waals surface area contributed by atoms with Gasteiger partial charge in [0.15, 0.2) is 0 Å². The molecule has 0 radical (unpaired) electrons. The van der Waals surface area contributed by atoms with Gasteiger partial charge in [-0.2, -0.15) is 0 Å². The van der Waals surface area contributed by atoms with Gasteiger partial charge < -0.3 is 15.4 Å². The first-order chi connectivity index (χ1) is 9.45. The van der Waals surface area contributed by atoms with Gasteiger partial charge in [-0.3, -0.25) is 4.79 Å². The van der Waals surface area contributed by atoms with Gasteiger partial charge in [0.25, 0.3) is 0 Å². The molecule has 1 aliphatic heterocycles. The van der Waals surface area contributed by atoms with Crippen LogP contribution >= 0.6 is 28.1 Å². The van der Waals surface area contributed by atoms with Crippen LogP contribution < -0.4 is 10.6 Å². The molecule has 6 heteroatoms. The predicted octanol–water partition coefficient (Wildman–Crippen LogP) is 2.33. The fraction of sp³-hybridized carbons (Fsp3) is 0.429. The lowest BCUT2D eigenvalue weighted by atomic mass is 9.99. The highest BCUT2D eigenvalue weighted by Gasteiger charge is 2.36. The van der Waals surface area contributed by atoms with E-state index in [1.165, 1.54) is 7.11 Å². The Kier molecular flexibility index (Phi) is 4.65. The molecule has 0 saturated carbocycles. The van der Waals surface area contributed by atoms with Crippen molar-refractivity contribution in [3.63, 3.8) is 0 Å². The van der Waals surface area contributed by atoms with E-state index in [0.717, 1.165) is 22.3 Å². The van der Waals surface area contributed by atoms with Gasteiger partial charge in [-0.05, 0) is 34.0 Å². The number of halogens is 1. The van der Waals surface area contributed by atoms with E-state index in [4.69, 9.17) is 22.7 Å². The molecule has 2 unspecified atom stereocenters. The molecule has 2 rings (SSSR count). The van der Waals surface area contributed by atoms with Crippen LogP contribution in [-0.2, 0) is 9.53 Å². The molecule has 2 atom stereocenters. The smallest absolute Gasteiger partial charge is 0.310 e. The number of methoxy groups -OCH3 is 1. The number of nitrogens with zero attached hydrogens (tertiary/aromatic N) is 1. The average Bonchev–Trinajstić information content (AvgIpc) is 2.79. The van der Waals surface area contributed by atoms with Crippen LogP contribution in [0.4, 0.5) is 5.69 Å². The fourth-order valence-corrected chi connectivity index (χ4v) is 3.56. The van der Waals surface area contributed by atoms with Crippen LogP contribution in [0.5, 0.6) is 0 Å². The second kappa shape index (κ2) is 6.10. The van der Waals surface area contributed by atoms with Crippen LogP contribution in [0.25, 0.3) is 0 Å². The van der Waals surface area contributed by atoms with Gasteiger partial charge in [-0.1, -0.05) is 25.2 Å². The van der Waals surface area contributed by atoms with Crippen LogP contribution in [0, 0.1) is 11.8 Å². The minimum Gasteiger partial charge on any atom is -0.469 e. The molecule has 1 fully saturated rings. The molecule has 2 N–H and O–H groups in total. The fourth-order valence-electron chi connectivity index (χ4n) is 2.64. The van der Waals surface area contributed by atoms with E-state index in [1.54, 1.807) is 0 Å². The van der Waals surface area contributed by atoms with E-state index in [-0.39, 0.29) is 17.8 Å². The third kappa shape index (κ3) is 2.81. The Balaban J connectivity index is 2.33. The van der Waals surface area contributed by atoms with Crippen molar-refractivity contribution < 1.29 is 9.53 Å². The van der Waals surface area contributed by atoms with Gasteiger partial charge in [0.05, 0.1) is 13.0 Å². The summed E-state index contributed by atoms with van der Waals surface area (Å²) >= 11 is 8.62. The lowest BCUT2D eigenvalue weighted by Gasteiger charge is -2.22. The molecule has 0 aromatic heterocycles. The molecular weight excluding hydrogens is 340 g/mol. The quantitative estimate of drug-likeness (QED) is 0.665. The molecule has 4 nitrogen and oxygen atoms in total. The summed E-state index contributed by atoms with van der Waals surface area (Å²) in [4.78, 5) is 14.3. The van der Waals surface area contributed by atoms with Crippen molar-refractivity contribution >= 4 is 44.8 Å². The van der Waals surface area contributed by atoms with Crippen LogP contribution in [0.2, 0.25) is 0 Å². The molecule has 0 bridgehead atoms. The highest BCUT2D eigenvalue weighted by Crippen LogP contribution is 2.34. The number of rotatable bonds is 3. The molecule has 1 aromatic rings. The number of esters is 1. The Morgan fingerprint density at radius 1 is 1.50 bits per heavy atom. The topological polar surface area (TPSA) is 55.6 Å². The van der Waals surface area contributed by atoms with Crippen molar-refractivity contribution in [1.29, 1.82) is 0 Å². The van der Waals surface area contributed by atoms with Crippen molar-refractivity contribution in [2.24, 2.45) is 17.6 Å². The Labute approximate surface area is 132 Å². The number of thiocarbonyl (C=S) groups is 1. The number of benzene rings is 1. The lowest BCUT2D eigenvalue weighted by Crippen LogP contribution is -2.26. The second-order valence-electron chi connectivity index (χ2n) is 5.01. The van der Waals surface area contributed by atoms with Crippen molar-refractivity contribution in [2.45, 2.75) is 6.92 Å². The van der Waals surface area contributed by atoms with E-state index in [0.29, 0.717) is 11.5 Å². The Morgan fingerprint density at radius 3 is 2.80 bits per heavy atom. The number of anilines is 1. The lowest BCUT2D eigenvalue weighted by molar-refractivity contribution is -0.145. The van der Waals surface area contributed by atoms with Gasteiger partial charge in [-0.15, -0.1) is 0 Å². The Morgan fingerprint density at radius 2 is 2.20 bits per heavy atom. The first-order valence-corrected chi connectivity index (χ1v) is 7.57. The SMILES string of the molecule is COC(=O)C1CN(c2cccc(Br)c2C(N)=S)CC1C. The summed E-state index contributed by atoms with van der Waals surface area (Å²) in [6.07, 6.45) is 0. The normalized spacial score (nSPS) is 21.9. The van der Waals surface area contributed by atoms with Crippen molar-refractivity contribution in [2.75, 3.05) is 25.1 Å². The summed E-state index contributed by atoms with van der Waals surface area (Å²) in [7, 11) is 1.43. The first-order valence-electron chi connectivity index (χ1n) is 6.36. The van der Waals surface area contributed by atoms with Crippen LogP contribution in [0.3, 0.4) is 0 Å². The molecule has 1 saturated heterocycles. The number of carbonyl (C=O) groups excluding carboxylic acids is 1. The third-order valence-corrected chi connectivity index (χ3v) is 4.56.